The lowest BCUT2D eigenvalue weighted by Gasteiger charge is -2.26. The highest BCUT2D eigenvalue weighted by Gasteiger charge is 2.23. The minimum Gasteiger partial charge on any atom is -0.497 e. The van der Waals surface area contributed by atoms with Gasteiger partial charge in [-0.05, 0) is 49.1 Å². The molecule has 7 heteroatoms. The van der Waals surface area contributed by atoms with Crippen molar-refractivity contribution in [2.24, 2.45) is 0 Å². The van der Waals surface area contributed by atoms with Crippen LogP contribution in [-0.4, -0.2) is 48.7 Å². The zero-order valence-corrected chi connectivity index (χ0v) is 18.0. The highest BCUT2D eigenvalue weighted by Crippen LogP contribution is 2.15. The summed E-state index contributed by atoms with van der Waals surface area (Å²) in [6.45, 7) is 1.35. The summed E-state index contributed by atoms with van der Waals surface area (Å²) >= 11 is 0. The number of ether oxygens (including phenoxy) is 1. The van der Waals surface area contributed by atoms with E-state index >= 15 is 0 Å². The standard InChI is InChI=1S/C24H31N5O2/c1-31-20-12-9-19(10-13-20)17-29(22(25)14-11-18-6-3-2-4-7-18)23(26)16-28-24(30)21-8-5-15-27-21/h2-4,6-7,9-10,12-13,21,25-27H,5,8,11,14-17H2,1H3,(H,28,30). The Morgan fingerprint density at radius 1 is 1.10 bits per heavy atom. The van der Waals surface area contributed by atoms with Crippen molar-refractivity contribution in [1.82, 2.24) is 15.5 Å². The molecule has 0 aromatic heterocycles. The van der Waals surface area contributed by atoms with Gasteiger partial charge in [0.2, 0.25) is 5.91 Å². The van der Waals surface area contributed by atoms with Gasteiger partial charge >= 0.3 is 0 Å². The lowest BCUT2D eigenvalue weighted by atomic mass is 10.1. The number of methoxy groups -OCH3 is 1. The molecular formula is C24H31N5O2. The molecule has 1 unspecified atom stereocenters. The van der Waals surface area contributed by atoms with E-state index in [1.54, 1.807) is 12.0 Å². The zero-order valence-electron chi connectivity index (χ0n) is 18.0. The highest BCUT2D eigenvalue weighted by atomic mass is 16.5. The lowest BCUT2D eigenvalue weighted by molar-refractivity contribution is -0.122. The molecule has 3 rings (SSSR count). The largest absolute Gasteiger partial charge is 0.497 e. The van der Waals surface area contributed by atoms with Gasteiger partial charge in [0.15, 0.2) is 0 Å². The third-order valence-corrected chi connectivity index (χ3v) is 5.45. The Hall–Kier alpha value is -3.19. The van der Waals surface area contributed by atoms with Gasteiger partial charge in [-0.2, -0.15) is 0 Å². The maximum Gasteiger partial charge on any atom is 0.237 e. The molecule has 164 valence electrons. The van der Waals surface area contributed by atoms with E-state index in [0.29, 0.717) is 18.8 Å². The van der Waals surface area contributed by atoms with Crippen LogP contribution in [-0.2, 0) is 17.8 Å². The first-order valence-electron chi connectivity index (χ1n) is 10.7. The Kier molecular flexibility index (Phi) is 8.18. The van der Waals surface area contributed by atoms with Crippen LogP contribution >= 0.6 is 0 Å². The van der Waals surface area contributed by atoms with E-state index in [-0.39, 0.29) is 24.3 Å². The van der Waals surface area contributed by atoms with Gasteiger partial charge < -0.3 is 20.3 Å². The van der Waals surface area contributed by atoms with E-state index in [0.717, 1.165) is 42.7 Å². The van der Waals surface area contributed by atoms with Crippen LogP contribution in [0.5, 0.6) is 5.75 Å². The minimum absolute atomic E-state index is 0.0811. The molecule has 2 aromatic carbocycles. The summed E-state index contributed by atoms with van der Waals surface area (Å²) < 4.78 is 5.22. The van der Waals surface area contributed by atoms with Gasteiger partial charge in [0, 0.05) is 6.42 Å². The molecule has 31 heavy (non-hydrogen) atoms. The number of rotatable bonds is 9. The Bertz CT molecular complexity index is 877. The molecule has 0 bridgehead atoms. The number of amidine groups is 2. The summed E-state index contributed by atoms with van der Waals surface area (Å²) in [5.41, 5.74) is 2.13. The molecular weight excluding hydrogens is 390 g/mol. The average Bonchev–Trinajstić information content (AvgIpc) is 3.35. The second-order valence-corrected chi connectivity index (χ2v) is 7.68. The summed E-state index contributed by atoms with van der Waals surface area (Å²) in [7, 11) is 1.62. The van der Waals surface area contributed by atoms with Crippen LogP contribution in [0.3, 0.4) is 0 Å². The molecule has 0 spiro atoms. The van der Waals surface area contributed by atoms with Crippen molar-refractivity contribution in [2.45, 2.75) is 38.3 Å². The third kappa shape index (κ3) is 6.65. The monoisotopic (exact) mass is 421 g/mol. The predicted molar refractivity (Wildman–Crippen MR) is 123 cm³/mol. The summed E-state index contributed by atoms with van der Waals surface area (Å²) in [6.07, 6.45) is 3.05. The smallest absolute Gasteiger partial charge is 0.237 e. The Morgan fingerprint density at radius 3 is 2.48 bits per heavy atom. The van der Waals surface area contributed by atoms with Gasteiger partial charge in [0.25, 0.3) is 0 Å². The number of amides is 1. The third-order valence-electron chi connectivity index (χ3n) is 5.45. The molecule has 2 aromatic rings. The first kappa shape index (κ1) is 22.5. The van der Waals surface area contributed by atoms with Gasteiger partial charge in [-0.3, -0.25) is 15.6 Å². The van der Waals surface area contributed by atoms with E-state index < -0.39 is 0 Å². The van der Waals surface area contributed by atoms with Crippen LogP contribution in [0.25, 0.3) is 0 Å². The summed E-state index contributed by atoms with van der Waals surface area (Å²) in [5, 5.41) is 23.2. The first-order valence-corrected chi connectivity index (χ1v) is 10.7. The molecule has 1 aliphatic rings. The second-order valence-electron chi connectivity index (χ2n) is 7.68. The number of benzene rings is 2. The molecule has 1 aliphatic heterocycles. The Morgan fingerprint density at radius 2 is 1.84 bits per heavy atom. The van der Waals surface area contributed by atoms with Crippen molar-refractivity contribution < 1.29 is 9.53 Å². The topological polar surface area (TPSA) is 101 Å². The molecule has 1 fully saturated rings. The maximum absolute atomic E-state index is 12.3. The molecule has 1 amide bonds. The molecule has 7 nitrogen and oxygen atoms in total. The molecule has 1 atom stereocenters. The van der Waals surface area contributed by atoms with E-state index in [1.165, 1.54) is 0 Å². The number of nitrogens with zero attached hydrogens (tertiary/aromatic N) is 1. The van der Waals surface area contributed by atoms with E-state index in [4.69, 9.17) is 15.6 Å². The summed E-state index contributed by atoms with van der Waals surface area (Å²) in [5.74, 6) is 1.25. The van der Waals surface area contributed by atoms with Crippen LogP contribution in [0.2, 0.25) is 0 Å². The van der Waals surface area contributed by atoms with Gasteiger partial charge in [-0.1, -0.05) is 42.5 Å². The van der Waals surface area contributed by atoms with Crippen molar-refractivity contribution >= 4 is 17.6 Å². The summed E-state index contributed by atoms with van der Waals surface area (Å²) in [6, 6.07) is 17.5. The van der Waals surface area contributed by atoms with E-state index in [1.807, 2.05) is 54.6 Å². The predicted octanol–water partition coefficient (Wildman–Crippen LogP) is 2.95. The van der Waals surface area contributed by atoms with Crippen molar-refractivity contribution in [3.63, 3.8) is 0 Å². The second kappa shape index (κ2) is 11.3. The fourth-order valence-corrected chi connectivity index (χ4v) is 3.61. The Balaban J connectivity index is 1.64. The number of hydrogen-bond donors (Lipinski definition) is 4. The van der Waals surface area contributed by atoms with Crippen molar-refractivity contribution in [1.29, 1.82) is 10.8 Å². The van der Waals surface area contributed by atoms with Gasteiger partial charge in [0.1, 0.15) is 17.4 Å². The van der Waals surface area contributed by atoms with Crippen molar-refractivity contribution in [3.8, 4) is 5.75 Å². The highest BCUT2D eigenvalue weighted by molar-refractivity contribution is 6.00. The van der Waals surface area contributed by atoms with Crippen LogP contribution in [0, 0.1) is 10.8 Å². The van der Waals surface area contributed by atoms with E-state index in [2.05, 4.69) is 10.6 Å². The number of aryl methyl sites for hydroxylation is 1. The van der Waals surface area contributed by atoms with Crippen molar-refractivity contribution in [3.05, 3.63) is 65.7 Å². The molecule has 1 heterocycles. The SMILES string of the molecule is COc1ccc(CN(C(=N)CCc2ccccc2)C(=N)CNC(=O)C2CCCN2)cc1. The quantitative estimate of drug-likeness (QED) is 0.369. The normalized spacial score (nSPS) is 15.3. The number of hydrogen-bond acceptors (Lipinski definition) is 5. The number of carbonyl (C=O) groups excluding carboxylic acids is 1. The Labute approximate surface area is 183 Å². The van der Waals surface area contributed by atoms with E-state index in [9.17, 15) is 4.79 Å². The van der Waals surface area contributed by atoms with Crippen molar-refractivity contribution in [2.75, 3.05) is 20.2 Å². The van der Waals surface area contributed by atoms with Crippen LogP contribution in [0.1, 0.15) is 30.4 Å². The number of nitrogens with one attached hydrogen (secondary N) is 4. The lowest BCUT2D eigenvalue weighted by Crippen LogP contribution is -2.46. The molecule has 0 saturated carbocycles. The molecule has 1 saturated heterocycles. The van der Waals surface area contributed by atoms with Gasteiger partial charge in [-0.15, -0.1) is 0 Å². The first-order chi connectivity index (χ1) is 15.1. The zero-order chi connectivity index (χ0) is 22.1. The molecule has 4 N–H and O–H groups in total. The van der Waals surface area contributed by atoms with Gasteiger partial charge in [0.05, 0.1) is 26.2 Å². The number of carbonyl (C=O) groups is 1. The molecule has 0 aliphatic carbocycles. The maximum atomic E-state index is 12.3. The minimum atomic E-state index is -0.180. The van der Waals surface area contributed by atoms with Gasteiger partial charge in [-0.25, -0.2) is 0 Å². The fourth-order valence-electron chi connectivity index (χ4n) is 3.61. The molecule has 0 radical (unpaired) electrons. The summed E-state index contributed by atoms with van der Waals surface area (Å²) in [4.78, 5) is 14.0. The average molecular weight is 422 g/mol. The van der Waals surface area contributed by atoms with Crippen LogP contribution in [0.4, 0.5) is 0 Å². The fraction of sp³-hybridized carbons (Fsp3) is 0.375. The van der Waals surface area contributed by atoms with Crippen LogP contribution in [0.15, 0.2) is 54.6 Å². The van der Waals surface area contributed by atoms with Crippen LogP contribution < -0.4 is 15.4 Å².